The molecule has 0 unspecified atom stereocenters. The largest absolute Gasteiger partial charge is 0.505 e. The molecule has 0 spiro atoms. The third-order valence-electron chi connectivity index (χ3n) is 7.51. The van der Waals surface area contributed by atoms with Gasteiger partial charge in [0.15, 0.2) is 0 Å². The van der Waals surface area contributed by atoms with Crippen molar-refractivity contribution in [1.82, 2.24) is 24.9 Å². The number of ether oxygens (including phenoxy) is 1. The molecule has 4 aliphatic rings. The number of likely N-dealkylation sites (tertiary alicyclic amines) is 1. The van der Waals surface area contributed by atoms with E-state index in [-0.39, 0.29) is 23.8 Å². The normalized spacial score (nSPS) is 30.4. The Labute approximate surface area is 181 Å². The molecule has 3 heterocycles. The molecule has 2 aromatic heterocycles. The number of hydrogen-bond donors (Lipinski definition) is 1. The van der Waals surface area contributed by atoms with Crippen molar-refractivity contribution < 1.29 is 14.6 Å². The Morgan fingerprint density at radius 1 is 1.16 bits per heavy atom. The van der Waals surface area contributed by atoms with Gasteiger partial charge in [0.05, 0.1) is 29.6 Å². The molecule has 3 aliphatic carbocycles. The minimum Gasteiger partial charge on any atom is -0.505 e. The molecule has 3 saturated carbocycles. The summed E-state index contributed by atoms with van der Waals surface area (Å²) in [7, 11) is 0. The first-order chi connectivity index (χ1) is 15.2. The highest BCUT2D eigenvalue weighted by atomic mass is 16.5. The number of nitrogens with zero attached hydrogens (tertiary/aromatic N) is 5. The molecule has 0 aromatic carbocycles. The van der Waals surface area contributed by atoms with Crippen molar-refractivity contribution in [1.29, 1.82) is 0 Å². The Morgan fingerprint density at radius 2 is 1.97 bits per heavy atom. The van der Waals surface area contributed by atoms with Crippen LogP contribution in [0.3, 0.4) is 0 Å². The van der Waals surface area contributed by atoms with Crippen LogP contribution < -0.4 is 0 Å². The van der Waals surface area contributed by atoms with Gasteiger partial charge >= 0.3 is 0 Å². The quantitative estimate of drug-likeness (QED) is 0.768. The van der Waals surface area contributed by atoms with E-state index in [0.29, 0.717) is 42.3 Å². The van der Waals surface area contributed by atoms with Gasteiger partial charge in [-0.3, -0.25) is 9.78 Å². The third-order valence-corrected chi connectivity index (χ3v) is 7.51. The van der Waals surface area contributed by atoms with E-state index in [1.54, 1.807) is 12.3 Å². The van der Waals surface area contributed by atoms with E-state index in [1.165, 1.54) is 31.9 Å². The highest BCUT2D eigenvalue weighted by Crippen LogP contribution is 2.45. The summed E-state index contributed by atoms with van der Waals surface area (Å²) in [6.45, 7) is 2.25. The summed E-state index contributed by atoms with van der Waals surface area (Å²) in [5.74, 6) is 1.96. The number of aromatic nitrogens is 4. The van der Waals surface area contributed by atoms with E-state index >= 15 is 0 Å². The van der Waals surface area contributed by atoms with Crippen LogP contribution in [-0.2, 0) is 4.74 Å². The molecule has 4 fully saturated rings. The minimum atomic E-state index is -0.113. The number of amides is 1. The fourth-order valence-corrected chi connectivity index (χ4v) is 5.31. The van der Waals surface area contributed by atoms with Crippen molar-refractivity contribution in [3.63, 3.8) is 0 Å². The van der Waals surface area contributed by atoms with E-state index in [1.807, 2.05) is 9.58 Å². The minimum absolute atomic E-state index is 0.0545. The molecule has 8 nitrogen and oxygen atoms in total. The van der Waals surface area contributed by atoms with Gasteiger partial charge < -0.3 is 14.7 Å². The maximum Gasteiger partial charge on any atom is 0.257 e. The van der Waals surface area contributed by atoms with Crippen LogP contribution in [0.1, 0.15) is 66.5 Å². The van der Waals surface area contributed by atoms with Gasteiger partial charge in [0.1, 0.15) is 5.75 Å². The smallest absolute Gasteiger partial charge is 0.257 e. The maximum atomic E-state index is 13.0. The van der Waals surface area contributed by atoms with Crippen LogP contribution in [0.5, 0.6) is 5.75 Å². The SMILES string of the molecule is O=C(c1ccncc1O)N1C[C@H]2C[C@@H](n3cc(C4CC4)nn3)[C@H](OCC3CC3)C[C@H]2C1. The van der Waals surface area contributed by atoms with Gasteiger partial charge in [0, 0.05) is 38.0 Å². The lowest BCUT2D eigenvalue weighted by Crippen LogP contribution is -2.38. The molecule has 4 atom stereocenters. The van der Waals surface area contributed by atoms with Crippen molar-refractivity contribution in [2.45, 2.75) is 56.6 Å². The number of aromatic hydroxyl groups is 1. The van der Waals surface area contributed by atoms with Crippen LogP contribution >= 0.6 is 0 Å². The van der Waals surface area contributed by atoms with Gasteiger partial charge in [-0.1, -0.05) is 5.21 Å². The Balaban J connectivity index is 1.20. The van der Waals surface area contributed by atoms with E-state index in [4.69, 9.17) is 4.74 Å². The molecule has 0 bridgehead atoms. The molecular formula is C23H29N5O3. The number of fused-ring (bicyclic) bond motifs is 1. The van der Waals surface area contributed by atoms with Crippen molar-refractivity contribution in [3.05, 3.63) is 35.9 Å². The van der Waals surface area contributed by atoms with Crippen molar-refractivity contribution in [2.75, 3.05) is 19.7 Å². The van der Waals surface area contributed by atoms with Crippen molar-refractivity contribution >= 4 is 5.91 Å². The van der Waals surface area contributed by atoms with Gasteiger partial charge in [-0.2, -0.15) is 0 Å². The highest BCUT2D eigenvalue weighted by molar-refractivity contribution is 5.96. The van der Waals surface area contributed by atoms with E-state index in [9.17, 15) is 9.90 Å². The average molecular weight is 424 g/mol. The molecule has 164 valence electrons. The van der Waals surface area contributed by atoms with Crippen LogP contribution in [0.15, 0.2) is 24.7 Å². The molecule has 31 heavy (non-hydrogen) atoms. The fraction of sp³-hybridized carbons (Fsp3) is 0.652. The second-order valence-corrected chi connectivity index (χ2v) is 9.87. The van der Waals surface area contributed by atoms with Gasteiger partial charge in [-0.15, -0.1) is 5.10 Å². The number of hydrogen-bond acceptors (Lipinski definition) is 6. The monoisotopic (exact) mass is 423 g/mol. The van der Waals surface area contributed by atoms with Crippen molar-refractivity contribution in [3.8, 4) is 5.75 Å². The van der Waals surface area contributed by atoms with E-state index < -0.39 is 0 Å². The fourth-order valence-electron chi connectivity index (χ4n) is 5.31. The first-order valence-electron chi connectivity index (χ1n) is 11.6. The first kappa shape index (κ1) is 19.2. The summed E-state index contributed by atoms with van der Waals surface area (Å²) in [6, 6.07) is 1.77. The highest BCUT2D eigenvalue weighted by Gasteiger charge is 2.46. The Hall–Kier alpha value is -2.48. The Morgan fingerprint density at radius 3 is 2.71 bits per heavy atom. The van der Waals surface area contributed by atoms with Crippen LogP contribution in [0, 0.1) is 17.8 Å². The standard InChI is InChI=1S/C23H29N5O3/c29-21-9-24-6-5-18(21)23(30)27-10-16-7-20(28-12-19(25-26-28)15-3-4-15)22(8-17(16)11-27)31-13-14-1-2-14/h5-6,9,12,14-17,20,22,29H,1-4,7-8,10-11,13H2/t16-,17+,20-,22-/m1/s1. The number of rotatable bonds is 6. The second-order valence-electron chi connectivity index (χ2n) is 9.87. The predicted molar refractivity (Wildman–Crippen MR) is 112 cm³/mol. The molecule has 1 N–H and O–H groups in total. The van der Waals surface area contributed by atoms with Gasteiger partial charge in [-0.05, 0) is 62.3 Å². The summed E-state index contributed by atoms with van der Waals surface area (Å²) in [4.78, 5) is 18.8. The zero-order valence-electron chi connectivity index (χ0n) is 17.6. The summed E-state index contributed by atoms with van der Waals surface area (Å²) in [5.41, 5.74) is 1.44. The molecule has 1 aliphatic heterocycles. The van der Waals surface area contributed by atoms with Crippen LogP contribution in [0.2, 0.25) is 0 Å². The predicted octanol–water partition coefficient (Wildman–Crippen LogP) is 2.77. The number of carbonyl (C=O) groups is 1. The molecular weight excluding hydrogens is 394 g/mol. The topological polar surface area (TPSA) is 93.4 Å². The van der Waals surface area contributed by atoms with E-state index in [0.717, 1.165) is 25.1 Å². The van der Waals surface area contributed by atoms with Crippen LogP contribution in [-0.4, -0.2) is 61.7 Å². The van der Waals surface area contributed by atoms with Gasteiger partial charge in [-0.25, -0.2) is 4.68 Å². The molecule has 8 heteroatoms. The van der Waals surface area contributed by atoms with Crippen LogP contribution in [0.4, 0.5) is 0 Å². The van der Waals surface area contributed by atoms with Crippen molar-refractivity contribution in [2.24, 2.45) is 17.8 Å². The Bertz CT molecular complexity index is 970. The van der Waals surface area contributed by atoms with Crippen LogP contribution in [0.25, 0.3) is 0 Å². The lowest BCUT2D eigenvalue weighted by Gasteiger charge is -2.37. The number of carbonyl (C=O) groups excluding carboxylic acids is 1. The van der Waals surface area contributed by atoms with E-state index in [2.05, 4.69) is 21.5 Å². The van der Waals surface area contributed by atoms with Gasteiger partial charge in [0.25, 0.3) is 5.91 Å². The average Bonchev–Trinajstić information content (AvgIpc) is 3.71. The molecule has 1 saturated heterocycles. The maximum absolute atomic E-state index is 13.0. The number of pyridine rings is 1. The summed E-state index contributed by atoms with van der Waals surface area (Å²) < 4.78 is 8.47. The summed E-state index contributed by atoms with van der Waals surface area (Å²) in [5, 5.41) is 19.0. The molecule has 6 rings (SSSR count). The third kappa shape index (κ3) is 3.82. The molecule has 1 amide bonds. The lowest BCUT2D eigenvalue weighted by molar-refractivity contribution is -0.0375. The molecule has 2 aromatic rings. The zero-order chi connectivity index (χ0) is 20.9. The Kier molecular flexibility index (Phi) is 4.70. The summed E-state index contributed by atoms with van der Waals surface area (Å²) >= 11 is 0. The second kappa shape index (κ2) is 7.58. The zero-order valence-corrected chi connectivity index (χ0v) is 17.6. The molecule has 0 radical (unpaired) electrons. The van der Waals surface area contributed by atoms with Gasteiger partial charge in [0.2, 0.25) is 0 Å². The lowest BCUT2D eigenvalue weighted by atomic mass is 9.77. The summed E-state index contributed by atoms with van der Waals surface area (Å²) in [6.07, 6.45) is 12.0. The first-order valence-corrected chi connectivity index (χ1v) is 11.6.